The number of benzene rings is 3. The fraction of sp³-hybridized carbons (Fsp3) is 0.192. The van der Waals surface area contributed by atoms with E-state index in [1.165, 1.54) is 7.11 Å². The predicted octanol–water partition coefficient (Wildman–Crippen LogP) is 5.90. The lowest BCUT2D eigenvalue weighted by atomic mass is 10.1. The molecule has 1 aromatic heterocycles. The quantitative estimate of drug-likeness (QED) is 0.247. The summed E-state index contributed by atoms with van der Waals surface area (Å²) < 4.78 is 17.8. The van der Waals surface area contributed by atoms with Crippen LogP contribution in [0.2, 0.25) is 5.02 Å². The second kappa shape index (κ2) is 10.4. The third-order valence-corrected chi connectivity index (χ3v) is 5.48. The number of rotatable bonds is 9. The van der Waals surface area contributed by atoms with Gasteiger partial charge in [0.05, 0.1) is 25.0 Å². The van der Waals surface area contributed by atoms with Gasteiger partial charge in [-0.15, -0.1) is 0 Å². The molecule has 6 nitrogen and oxygen atoms in total. The van der Waals surface area contributed by atoms with Crippen LogP contribution >= 0.6 is 11.6 Å². The van der Waals surface area contributed by atoms with Crippen molar-refractivity contribution in [1.82, 2.24) is 4.57 Å². The Labute approximate surface area is 197 Å². The molecule has 0 aliphatic carbocycles. The Balaban J connectivity index is 1.53. The standard InChI is InChI=1S/C26H25ClN2O4/c1-31-12-13-33-22-5-3-4-18(14-22)17-29-11-10-19-15-21(7-9-25(19)29)28-24-8-6-20(27)16-23(24)26(30)32-2/h3-11,14-16,28H,12-13,17H2,1-2H3. The van der Waals surface area contributed by atoms with E-state index in [9.17, 15) is 4.79 Å². The van der Waals surface area contributed by atoms with Gasteiger partial charge in [-0.05, 0) is 60.2 Å². The fourth-order valence-corrected chi connectivity index (χ4v) is 3.82. The number of halogens is 1. The van der Waals surface area contributed by atoms with E-state index in [1.54, 1.807) is 25.3 Å². The minimum atomic E-state index is -0.444. The number of hydrogen-bond donors (Lipinski definition) is 1. The van der Waals surface area contributed by atoms with E-state index < -0.39 is 5.97 Å². The maximum atomic E-state index is 12.1. The second-order valence-corrected chi connectivity index (χ2v) is 7.95. The molecule has 0 atom stereocenters. The van der Waals surface area contributed by atoms with Gasteiger partial charge in [-0.2, -0.15) is 0 Å². The fourth-order valence-electron chi connectivity index (χ4n) is 3.65. The molecule has 170 valence electrons. The van der Waals surface area contributed by atoms with Crippen molar-refractivity contribution in [2.24, 2.45) is 0 Å². The Bertz CT molecular complexity index is 1270. The van der Waals surface area contributed by atoms with E-state index in [4.69, 9.17) is 25.8 Å². The number of ether oxygens (including phenoxy) is 3. The number of esters is 1. The Kier molecular flexibility index (Phi) is 7.17. The minimum Gasteiger partial charge on any atom is -0.491 e. The molecule has 0 unspecified atom stereocenters. The third kappa shape index (κ3) is 5.48. The molecular formula is C26H25ClN2O4. The molecule has 0 aliphatic heterocycles. The first-order chi connectivity index (χ1) is 16.1. The Morgan fingerprint density at radius 2 is 1.88 bits per heavy atom. The first-order valence-electron chi connectivity index (χ1n) is 10.5. The van der Waals surface area contributed by atoms with Gasteiger partial charge in [-0.1, -0.05) is 23.7 Å². The molecular weight excluding hydrogens is 440 g/mol. The van der Waals surface area contributed by atoms with Crippen molar-refractivity contribution in [3.63, 3.8) is 0 Å². The molecule has 1 N–H and O–H groups in total. The average molecular weight is 465 g/mol. The zero-order valence-corrected chi connectivity index (χ0v) is 19.3. The Morgan fingerprint density at radius 3 is 2.70 bits per heavy atom. The molecule has 0 fully saturated rings. The van der Waals surface area contributed by atoms with Gasteiger partial charge in [0, 0.05) is 41.5 Å². The molecule has 0 spiro atoms. The molecule has 4 rings (SSSR count). The molecule has 0 saturated heterocycles. The van der Waals surface area contributed by atoms with Gasteiger partial charge in [-0.3, -0.25) is 0 Å². The van der Waals surface area contributed by atoms with Crippen LogP contribution in [-0.4, -0.2) is 38.0 Å². The molecule has 0 aliphatic rings. The first-order valence-corrected chi connectivity index (χ1v) is 10.9. The van der Waals surface area contributed by atoms with Crippen LogP contribution in [0.3, 0.4) is 0 Å². The van der Waals surface area contributed by atoms with Crippen molar-refractivity contribution in [1.29, 1.82) is 0 Å². The lowest BCUT2D eigenvalue weighted by Gasteiger charge is -2.12. The highest BCUT2D eigenvalue weighted by molar-refractivity contribution is 6.31. The lowest BCUT2D eigenvalue weighted by Crippen LogP contribution is -2.05. The highest BCUT2D eigenvalue weighted by Crippen LogP contribution is 2.28. The summed E-state index contributed by atoms with van der Waals surface area (Å²) in [5, 5.41) is 4.86. The van der Waals surface area contributed by atoms with Crippen molar-refractivity contribution in [3.05, 3.63) is 89.1 Å². The van der Waals surface area contributed by atoms with Gasteiger partial charge in [0.15, 0.2) is 0 Å². The summed E-state index contributed by atoms with van der Waals surface area (Å²) in [5.74, 6) is 0.387. The number of hydrogen-bond acceptors (Lipinski definition) is 5. The number of carbonyl (C=O) groups excluding carboxylic acids is 1. The number of nitrogens with one attached hydrogen (secondary N) is 1. The molecule has 0 amide bonds. The monoisotopic (exact) mass is 464 g/mol. The van der Waals surface area contributed by atoms with Crippen molar-refractivity contribution in [3.8, 4) is 5.75 Å². The smallest absolute Gasteiger partial charge is 0.340 e. The van der Waals surface area contributed by atoms with Crippen LogP contribution in [0.5, 0.6) is 5.75 Å². The molecule has 4 aromatic rings. The number of anilines is 2. The second-order valence-electron chi connectivity index (χ2n) is 7.51. The topological polar surface area (TPSA) is 61.7 Å². The van der Waals surface area contributed by atoms with E-state index >= 15 is 0 Å². The van der Waals surface area contributed by atoms with Crippen LogP contribution in [-0.2, 0) is 16.0 Å². The zero-order valence-electron chi connectivity index (χ0n) is 18.5. The molecule has 1 heterocycles. The number of carbonyl (C=O) groups is 1. The summed E-state index contributed by atoms with van der Waals surface area (Å²) in [6.07, 6.45) is 2.06. The largest absolute Gasteiger partial charge is 0.491 e. The molecule has 33 heavy (non-hydrogen) atoms. The Morgan fingerprint density at radius 1 is 1.00 bits per heavy atom. The zero-order chi connectivity index (χ0) is 23.2. The van der Waals surface area contributed by atoms with Gasteiger partial charge in [0.2, 0.25) is 0 Å². The molecule has 0 bridgehead atoms. The summed E-state index contributed by atoms with van der Waals surface area (Å²) >= 11 is 6.06. The maximum Gasteiger partial charge on any atom is 0.340 e. The van der Waals surface area contributed by atoms with Crippen LogP contribution in [0.15, 0.2) is 72.9 Å². The minimum absolute atomic E-state index is 0.385. The van der Waals surface area contributed by atoms with Crippen LogP contribution < -0.4 is 10.1 Å². The number of aromatic nitrogens is 1. The normalized spacial score (nSPS) is 10.9. The van der Waals surface area contributed by atoms with Crippen LogP contribution in [0.4, 0.5) is 11.4 Å². The number of methoxy groups -OCH3 is 2. The summed E-state index contributed by atoms with van der Waals surface area (Å²) in [5.41, 5.74) is 4.14. The van der Waals surface area contributed by atoms with Gasteiger partial charge < -0.3 is 24.1 Å². The average Bonchev–Trinajstić information content (AvgIpc) is 3.22. The van der Waals surface area contributed by atoms with E-state index in [1.807, 2.05) is 30.3 Å². The first kappa shape index (κ1) is 22.7. The van der Waals surface area contributed by atoms with Crippen molar-refractivity contribution >= 4 is 39.8 Å². The van der Waals surface area contributed by atoms with E-state index in [0.29, 0.717) is 29.5 Å². The van der Waals surface area contributed by atoms with Crippen molar-refractivity contribution < 1.29 is 19.0 Å². The lowest BCUT2D eigenvalue weighted by molar-refractivity contribution is 0.0602. The van der Waals surface area contributed by atoms with Gasteiger partial charge >= 0.3 is 5.97 Å². The third-order valence-electron chi connectivity index (χ3n) is 5.24. The van der Waals surface area contributed by atoms with Gasteiger partial charge in [0.25, 0.3) is 0 Å². The summed E-state index contributed by atoms with van der Waals surface area (Å²) in [4.78, 5) is 12.1. The van der Waals surface area contributed by atoms with Crippen LogP contribution in [0.25, 0.3) is 10.9 Å². The number of nitrogens with zero attached hydrogens (tertiary/aromatic N) is 1. The highest BCUT2D eigenvalue weighted by atomic mass is 35.5. The van der Waals surface area contributed by atoms with Gasteiger partial charge in [0.1, 0.15) is 12.4 Å². The summed E-state index contributed by atoms with van der Waals surface area (Å²) in [7, 11) is 3.01. The summed E-state index contributed by atoms with van der Waals surface area (Å²) in [6.45, 7) is 1.80. The van der Waals surface area contributed by atoms with E-state index in [-0.39, 0.29) is 0 Å². The SMILES string of the molecule is COCCOc1cccc(Cn2ccc3cc(Nc4ccc(Cl)cc4C(=O)OC)ccc32)c1. The van der Waals surface area contributed by atoms with Crippen LogP contribution in [0.1, 0.15) is 15.9 Å². The molecule has 0 saturated carbocycles. The molecule has 7 heteroatoms. The van der Waals surface area contributed by atoms with E-state index in [0.717, 1.165) is 34.4 Å². The number of fused-ring (bicyclic) bond motifs is 1. The molecule has 0 radical (unpaired) electrons. The van der Waals surface area contributed by atoms with Crippen molar-refractivity contribution in [2.45, 2.75) is 6.54 Å². The molecule has 3 aromatic carbocycles. The predicted molar refractivity (Wildman–Crippen MR) is 131 cm³/mol. The van der Waals surface area contributed by atoms with Crippen molar-refractivity contribution in [2.75, 3.05) is 32.8 Å². The van der Waals surface area contributed by atoms with Gasteiger partial charge in [-0.25, -0.2) is 4.79 Å². The summed E-state index contributed by atoms with van der Waals surface area (Å²) in [6, 6.07) is 21.3. The van der Waals surface area contributed by atoms with Crippen LogP contribution in [0, 0.1) is 0 Å². The highest BCUT2D eigenvalue weighted by Gasteiger charge is 2.13. The Hall–Kier alpha value is -3.48. The maximum absolute atomic E-state index is 12.1. The van der Waals surface area contributed by atoms with E-state index in [2.05, 4.69) is 34.3 Å².